The predicted octanol–water partition coefficient (Wildman–Crippen LogP) is 3.95. The first kappa shape index (κ1) is 26.1. The molecule has 1 aromatic carbocycles. The van der Waals surface area contributed by atoms with Crippen LogP contribution in [0.4, 0.5) is 0 Å². The first-order chi connectivity index (χ1) is 15.9. The van der Waals surface area contributed by atoms with Crippen LogP contribution in [0.2, 0.25) is 18.1 Å². The first-order valence-electron chi connectivity index (χ1n) is 11.7. The Morgan fingerprint density at radius 2 is 1.79 bits per heavy atom. The van der Waals surface area contributed by atoms with Crippen LogP contribution in [0.5, 0.6) is 0 Å². The van der Waals surface area contributed by atoms with Crippen LogP contribution in [0.1, 0.15) is 57.7 Å². The maximum atomic E-state index is 13.0. The third kappa shape index (κ3) is 5.95. The van der Waals surface area contributed by atoms with E-state index in [1.165, 1.54) is 19.4 Å². The number of H-pyrrole nitrogens is 1. The summed E-state index contributed by atoms with van der Waals surface area (Å²) in [4.78, 5) is 39.4. The van der Waals surface area contributed by atoms with Gasteiger partial charge in [0.2, 0.25) is 0 Å². The Hall–Kier alpha value is -2.49. The molecule has 0 spiro atoms. The highest BCUT2D eigenvalue weighted by Crippen LogP contribution is 2.41. The fourth-order valence-corrected chi connectivity index (χ4v) is 5.46. The summed E-state index contributed by atoms with van der Waals surface area (Å²) < 4.78 is 19.6. The molecule has 1 N–H and O–H groups in total. The number of rotatable bonds is 7. The van der Waals surface area contributed by atoms with Crippen LogP contribution in [0, 0.1) is 0 Å². The summed E-state index contributed by atoms with van der Waals surface area (Å²) in [6, 6.07) is 10.3. The molecule has 8 nitrogen and oxygen atoms in total. The van der Waals surface area contributed by atoms with E-state index in [-0.39, 0.29) is 23.3 Å². The Bertz CT molecular complexity index is 1090. The molecule has 0 aliphatic heterocycles. The van der Waals surface area contributed by atoms with Gasteiger partial charge < -0.3 is 13.9 Å². The minimum atomic E-state index is -2.20. The number of nitrogens with one attached hydrogen (secondary N) is 1. The average Bonchev–Trinajstić information content (AvgIpc) is 2.75. The molecule has 0 bridgehead atoms. The highest BCUT2D eigenvalue weighted by molar-refractivity contribution is 6.74. The third-order valence-corrected chi connectivity index (χ3v) is 11.5. The lowest BCUT2D eigenvalue weighted by Gasteiger charge is -2.44. The van der Waals surface area contributed by atoms with Crippen LogP contribution in [-0.4, -0.2) is 43.2 Å². The van der Waals surface area contributed by atoms with E-state index in [4.69, 9.17) is 13.9 Å². The zero-order valence-electron chi connectivity index (χ0n) is 20.9. The molecular formula is C25H36N2O6Si. The van der Waals surface area contributed by atoms with E-state index in [2.05, 4.69) is 38.8 Å². The van der Waals surface area contributed by atoms with Crippen molar-refractivity contribution in [1.29, 1.82) is 0 Å². The molecule has 1 aliphatic carbocycles. The zero-order valence-corrected chi connectivity index (χ0v) is 21.9. The lowest BCUT2D eigenvalue weighted by molar-refractivity contribution is -0.165. The van der Waals surface area contributed by atoms with E-state index in [1.54, 1.807) is 4.57 Å². The van der Waals surface area contributed by atoms with Crippen LogP contribution < -0.4 is 11.2 Å². The van der Waals surface area contributed by atoms with Gasteiger partial charge in [0.1, 0.15) is 6.10 Å². The van der Waals surface area contributed by atoms with E-state index >= 15 is 0 Å². The smallest absolute Gasteiger partial charge is 0.340 e. The Morgan fingerprint density at radius 3 is 2.38 bits per heavy atom. The molecule has 1 heterocycles. The Morgan fingerprint density at radius 1 is 1.12 bits per heavy atom. The quantitative estimate of drug-likeness (QED) is 0.468. The fourth-order valence-electron chi connectivity index (χ4n) is 4.09. The average molecular weight is 489 g/mol. The van der Waals surface area contributed by atoms with Gasteiger partial charge >= 0.3 is 11.7 Å². The van der Waals surface area contributed by atoms with E-state index < -0.39 is 31.6 Å². The summed E-state index contributed by atoms with van der Waals surface area (Å²) in [6.45, 7) is 10.8. The molecule has 9 heteroatoms. The topological polar surface area (TPSA) is 99.6 Å². The van der Waals surface area contributed by atoms with Crippen molar-refractivity contribution in [2.75, 3.05) is 7.11 Å². The van der Waals surface area contributed by atoms with Gasteiger partial charge in [-0.05, 0) is 36.5 Å². The number of esters is 1. The number of hydrogen-bond acceptors (Lipinski definition) is 6. The van der Waals surface area contributed by atoms with Gasteiger partial charge in [-0.25, -0.2) is 9.59 Å². The van der Waals surface area contributed by atoms with Crippen molar-refractivity contribution in [2.24, 2.45) is 0 Å². The second-order valence-corrected chi connectivity index (χ2v) is 15.2. The van der Waals surface area contributed by atoms with E-state index in [1.807, 2.05) is 30.3 Å². The molecule has 1 aliphatic rings. The molecule has 1 fully saturated rings. The van der Waals surface area contributed by atoms with Crippen molar-refractivity contribution in [1.82, 2.24) is 9.55 Å². The van der Waals surface area contributed by atoms with E-state index in [0.29, 0.717) is 19.3 Å². The molecule has 3 rings (SSSR count). The Labute approximate surface area is 201 Å². The van der Waals surface area contributed by atoms with Crippen LogP contribution in [0.25, 0.3) is 0 Å². The van der Waals surface area contributed by atoms with Gasteiger partial charge in [0.05, 0.1) is 12.1 Å². The number of nitrogens with zero attached hydrogens (tertiary/aromatic N) is 1. The summed E-state index contributed by atoms with van der Waals surface area (Å²) in [7, 11) is -0.711. The van der Waals surface area contributed by atoms with Gasteiger partial charge in [0, 0.05) is 25.8 Å². The number of aromatic amines is 1. The second-order valence-electron chi connectivity index (χ2n) is 10.4. The Balaban J connectivity index is 1.83. The van der Waals surface area contributed by atoms with Gasteiger partial charge in [-0.15, -0.1) is 0 Å². The molecular weight excluding hydrogens is 452 g/mol. The number of methoxy groups -OCH3 is 1. The molecule has 1 aromatic heterocycles. The largest absolute Gasteiger partial charge is 0.460 e. The summed E-state index contributed by atoms with van der Waals surface area (Å²) in [5.41, 5.74) is -0.157. The van der Waals surface area contributed by atoms with Crippen molar-refractivity contribution in [3.8, 4) is 0 Å². The lowest BCUT2D eigenvalue weighted by atomic mass is 9.90. The fraction of sp³-hybridized carbons (Fsp3) is 0.560. The number of carbonyl (C=O) groups excluding carboxylic acids is 1. The SMILES string of the molecule is CO[C@@H](C(=O)O[C@@H]1CC[C@@H](n2ccc(=O)[nH]c2=O)[C@H](O[Si](C)(C)C(C)(C)C)C1)c1ccccc1. The molecule has 0 saturated heterocycles. The van der Waals surface area contributed by atoms with Crippen LogP contribution in [0.3, 0.4) is 0 Å². The molecule has 0 amide bonds. The number of carbonyl (C=O) groups is 1. The number of hydrogen-bond donors (Lipinski definition) is 1. The summed E-state index contributed by atoms with van der Waals surface area (Å²) in [5.74, 6) is -0.440. The van der Waals surface area contributed by atoms with Crippen molar-refractivity contribution in [3.05, 3.63) is 69.0 Å². The Kier molecular flexibility index (Phi) is 8.00. The minimum absolute atomic E-state index is 0.0361. The van der Waals surface area contributed by atoms with Gasteiger partial charge in [0.15, 0.2) is 14.4 Å². The standard InChI is InChI=1S/C25H36N2O6Si/c1-25(2,3)34(5,6)33-20-16-18(12-13-19(20)27-15-14-21(28)26-24(27)30)32-23(29)22(31-4)17-10-8-7-9-11-17/h7-11,14-15,18-20,22H,12-13,16H2,1-6H3,(H,26,28,30)/t18-,19-,20-,22-/m1/s1. The van der Waals surface area contributed by atoms with Crippen molar-refractivity contribution < 1.29 is 18.7 Å². The van der Waals surface area contributed by atoms with E-state index in [0.717, 1.165) is 5.56 Å². The van der Waals surface area contributed by atoms with Gasteiger partial charge in [-0.2, -0.15) is 0 Å². The highest BCUT2D eigenvalue weighted by atomic mass is 28.4. The van der Waals surface area contributed by atoms with Crippen LogP contribution in [-0.2, 0) is 18.7 Å². The second kappa shape index (κ2) is 10.4. The molecule has 186 valence electrons. The lowest BCUT2D eigenvalue weighted by Crippen LogP contribution is -2.50. The van der Waals surface area contributed by atoms with Crippen molar-refractivity contribution in [3.63, 3.8) is 0 Å². The summed E-state index contributed by atoms with van der Waals surface area (Å²) in [5, 5.41) is -0.0361. The maximum Gasteiger partial charge on any atom is 0.340 e. The van der Waals surface area contributed by atoms with Crippen molar-refractivity contribution >= 4 is 14.3 Å². The highest BCUT2D eigenvalue weighted by Gasteiger charge is 2.44. The molecule has 0 unspecified atom stereocenters. The van der Waals surface area contributed by atoms with Gasteiger partial charge in [-0.1, -0.05) is 51.1 Å². The molecule has 4 atom stereocenters. The monoisotopic (exact) mass is 488 g/mol. The van der Waals surface area contributed by atoms with Gasteiger partial charge in [0.25, 0.3) is 5.56 Å². The summed E-state index contributed by atoms with van der Waals surface area (Å²) >= 11 is 0. The summed E-state index contributed by atoms with van der Waals surface area (Å²) in [6.07, 6.45) is 1.63. The maximum absolute atomic E-state index is 13.0. The van der Waals surface area contributed by atoms with E-state index in [9.17, 15) is 14.4 Å². The third-order valence-electron chi connectivity index (χ3n) is 7.00. The molecule has 34 heavy (non-hydrogen) atoms. The first-order valence-corrected chi connectivity index (χ1v) is 14.6. The number of aromatic nitrogens is 2. The number of benzene rings is 1. The molecule has 1 saturated carbocycles. The molecule has 0 radical (unpaired) electrons. The minimum Gasteiger partial charge on any atom is -0.460 e. The molecule has 2 aromatic rings. The zero-order chi connectivity index (χ0) is 25.1. The van der Waals surface area contributed by atoms with Crippen LogP contribution >= 0.6 is 0 Å². The van der Waals surface area contributed by atoms with Gasteiger partial charge in [-0.3, -0.25) is 14.3 Å². The van der Waals surface area contributed by atoms with Crippen LogP contribution in [0.15, 0.2) is 52.2 Å². The van der Waals surface area contributed by atoms with Crippen molar-refractivity contribution in [2.45, 2.75) is 82.5 Å². The predicted molar refractivity (Wildman–Crippen MR) is 132 cm³/mol. The normalized spacial score (nSPS) is 22.2. The number of ether oxygens (including phenoxy) is 2.